The van der Waals surface area contributed by atoms with Gasteiger partial charge in [0.1, 0.15) is 0 Å². The Morgan fingerprint density at radius 3 is 2.41 bits per heavy atom. The van der Waals surface area contributed by atoms with Gasteiger partial charge in [0.05, 0.1) is 29.4 Å². The largest absolute Gasteiger partial charge is 0.478 e. The first kappa shape index (κ1) is 19.6. The number of benzene rings is 4. The van der Waals surface area contributed by atoms with Gasteiger partial charge in [0.25, 0.3) is 0 Å². The molecule has 0 radical (unpaired) electrons. The van der Waals surface area contributed by atoms with Crippen LogP contribution in [0.5, 0.6) is 0 Å². The van der Waals surface area contributed by atoms with E-state index < -0.39 is 11.9 Å². The summed E-state index contributed by atoms with van der Waals surface area (Å²) in [7, 11) is 1.36. The molecule has 5 heteroatoms. The average Bonchev–Trinajstić information content (AvgIpc) is 3.23. The number of esters is 1. The van der Waals surface area contributed by atoms with E-state index in [9.17, 15) is 14.7 Å². The highest BCUT2D eigenvalue weighted by Gasteiger charge is 2.20. The number of fused-ring (bicyclic) bond motifs is 3. The molecule has 1 aromatic heterocycles. The quantitative estimate of drug-likeness (QED) is 0.365. The molecule has 5 rings (SSSR count). The standard InChI is InChI=1S/C27H19NO4/c1-32-27(31)22-12-5-4-11-21(22)25-16-23-20-10-3-2-7-17(20)13-14-24(23)28(25)19-9-6-8-18(15-19)26(29)30/h2-16H,1H3,(H,29,30). The molecule has 0 bridgehead atoms. The minimum Gasteiger partial charge on any atom is -0.478 e. The molecular formula is C27H19NO4. The van der Waals surface area contributed by atoms with Gasteiger partial charge in [0.15, 0.2) is 0 Å². The Labute approximate surface area is 184 Å². The van der Waals surface area contributed by atoms with Crippen LogP contribution in [0.3, 0.4) is 0 Å². The molecule has 0 saturated heterocycles. The third kappa shape index (κ3) is 3.11. The summed E-state index contributed by atoms with van der Waals surface area (Å²) >= 11 is 0. The van der Waals surface area contributed by atoms with E-state index in [0.717, 1.165) is 27.4 Å². The molecular weight excluding hydrogens is 402 g/mol. The van der Waals surface area contributed by atoms with Crippen molar-refractivity contribution in [3.05, 3.63) is 102 Å². The lowest BCUT2D eigenvalue weighted by atomic mass is 10.0. The van der Waals surface area contributed by atoms with Crippen molar-refractivity contribution in [3.8, 4) is 16.9 Å². The molecule has 0 atom stereocenters. The number of carbonyl (C=O) groups is 2. The van der Waals surface area contributed by atoms with E-state index in [2.05, 4.69) is 12.1 Å². The predicted molar refractivity (Wildman–Crippen MR) is 125 cm³/mol. The van der Waals surface area contributed by atoms with E-state index in [-0.39, 0.29) is 5.56 Å². The third-order valence-corrected chi connectivity index (χ3v) is 5.67. The van der Waals surface area contributed by atoms with Crippen molar-refractivity contribution >= 4 is 33.6 Å². The zero-order valence-electron chi connectivity index (χ0n) is 17.3. The summed E-state index contributed by atoms with van der Waals surface area (Å²) in [6.45, 7) is 0. The Kier molecular flexibility index (Phi) is 4.71. The summed E-state index contributed by atoms with van der Waals surface area (Å²) in [6.07, 6.45) is 0. The van der Waals surface area contributed by atoms with Crippen molar-refractivity contribution in [2.24, 2.45) is 0 Å². The van der Waals surface area contributed by atoms with Crippen LogP contribution in [-0.2, 0) is 4.74 Å². The molecule has 0 saturated carbocycles. The van der Waals surface area contributed by atoms with Gasteiger partial charge in [-0.1, -0.05) is 54.6 Å². The van der Waals surface area contributed by atoms with E-state index in [1.807, 2.05) is 53.1 Å². The maximum atomic E-state index is 12.5. The molecule has 5 aromatic rings. The molecule has 156 valence electrons. The number of aromatic nitrogens is 1. The van der Waals surface area contributed by atoms with Crippen LogP contribution in [0.1, 0.15) is 20.7 Å². The fourth-order valence-electron chi connectivity index (χ4n) is 4.21. The monoisotopic (exact) mass is 421 g/mol. The lowest BCUT2D eigenvalue weighted by Gasteiger charge is -2.14. The average molecular weight is 421 g/mol. The number of aromatic carboxylic acids is 1. The third-order valence-electron chi connectivity index (χ3n) is 5.67. The number of carbonyl (C=O) groups excluding carboxylic acids is 1. The second-order valence-corrected chi connectivity index (χ2v) is 7.48. The molecule has 0 aliphatic rings. The van der Waals surface area contributed by atoms with Crippen molar-refractivity contribution in [2.45, 2.75) is 0 Å². The summed E-state index contributed by atoms with van der Waals surface area (Å²) in [4.78, 5) is 24.1. The number of ether oxygens (including phenoxy) is 1. The molecule has 0 aliphatic carbocycles. The van der Waals surface area contributed by atoms with Crippen LogP contribution in [0.25, 0.3) is 38.6 Å². The van der Waals surface area contributed by atoms with E-state index in [1.54, 1.807) is 30.3 Å². The molecule has 0 unspecified atom stereocenters. The number of hydrogen-bond acceptors (Lipinski definition) is 3. The van der Waals surface area contributed by atoms with E-state index >= 15 is 0 Å². The number of carboxylic acids is 1. The van der Waals surface area contributed by atoms with Crippen LogP contribution >= 0.6 is 0 Å². The van der Waals surface area contributed by atoms with Gasteiger partial charge in [-0.2, -0.15) is 0 Å². The summed E-state index contributed by atoms with van der Waals surface area (Å²) in [5.74, 6) is -1.42. The SMILES string of the molecule is COC(=O)c1ccccc1-c1cc2c3ccccc3ccc2n1-c1cccc(C(=O)O)c1. The fraction of sp³-hybridized carbons (Fsp3) is 0.0370. The molecule has 5 nitrogen and oxygen atoms in total. The Morgan fingerprint density at radius 2 is 1.59 bits per heavy atom. The molecule has 32 heavy (non-hydrogen) atoms. The van der Waals surface area contributed by atoms with Gasteiger partial charge < -0.3 is 14.4 Å². The molecule has 0 amide bonds. The van der Waals surface area contributed by atoms with Crippen LogP contribution in [0.4, 0.5) is 0 Å². The van der Waals surface area contributed by atoms with Gasteiger partial charge in [0.2, 0.25) is 0 Å². The zero-order chi connectivity index (χ0) is 22.2. The normalized spacial score (nSPS) is 11.0. The highest BCUT2D eigenvalue weighted by Crippen LogP contribution is 2.37. The van der Waals surface area contributed by atoms with Gasteiger partial charge in [-0.25, -0.2) is 9.59 Å². The fourth-order valence-corrected chi connectivity index (χ4v) is 4.21. The lowest BCUT2D eigenvalue weighted by molar-refractivity contribution is 0.0600. The van der Waals surface area contributed by atoms with Crippen molar-refractivity contribution in [2.75, 3.05) is 7.11 Å². The molecule has 4 aromatic carbocycles. The molecule has 1 N–H and O–H groups in total. The maximum absolute atomic E-state index is 12.5. The summed E-state index contributed by atoms with van der Waals surface area (Å²) in [6, 6.07) is 28.3. The Balaban J connectivity index is 1.90. The molecule has 0 fully saturated rings. The van der Waals surface area contributed by atoms with Crippen LogP contribution < -0.4 is 0 Å². The second kappa shape index (κ2) is 7.71. The van der Waals surface area contributed by atoms with Crippen LogP contribution in [0.15, 0.2) is 91.0 Å². The Hall–Kier alpha value is -4.38. The van der Waals surface area contributed by atoms with E-state index in [4.69, 9.17) is 4.74 Å². The smallest absolute Gasteiger partial charge is 0.338 e. The van der Waals surface area contributed by atoms with Crippen molar-refractivity contribution in [3.63, 3.8) is 0 Å². The number of methoxy groups -OCH3 is 1. The minimum absolute atomic E-state index is 0.192. The van der Waals surface area contributed by atoms with E-state index in [1.165, 1.54) is 7.11 Å². The van der Waals surface area contributed by atoms with Gasteiger partial charge >= 0.3 is 11.9 Å². The topological polar surface area (TPSA) is 68.5 Å². The van der Waals surface area contributed by atoms with Gasteiger partial charge in [-0.15, -0.1) is 0 Å². The van der Waals surface area contributed by atoms with Gasteiger partial charge in [0, 0.05) is 16.6 Å². The maximum Gasteiger partial charge on any atom is 0.338 e. The van der Waals surface area contributed by atoms with Crippen LogP contribution in [0, 0.1) is 0 Å². The minimum atomic E-state index is -0.995. The van der Waals surface area contributed by atoms with Crippen molar-refractivity contribution < 1.29 is 19.4 Å². The number of carboxylic acid groups (broad SMARTS) is 1. The Morgan fingerprint density at radius 1 is 0.812 bits per heavy atom. The van der Waals surface area contributed by atoms with Crippen LogP contribution in [0.2, 0.25) is 0 Å². The zero-order valence-corrected chi connectivity index (χ0v) is 17.3. The number of rotatable bonds is 4. The first-order chi connectivity index (χ1) is 15.6. The number of nitrogens with zero attached hydrogens (tertiary/aromatic N) is 1. The van der Waals surface area contributed by atoms with Crippen molar-refractivity contribution in [1.82, 2.24) is 4.57 Å². The second-order valence-electron chi connectivity index (χ2n) is 7.48. The first-order valence-electron chi connectivity index (χ1n) is 10.1. The van der Waals surface area contributed by atoms with Gasteiger partial charge in [-0.05, 0) is 47.2 Å². The van der Waals surface area contributed by atoms with E-state index in [0.29, 0.717) is 16.8 Å². The van der Waals surface area contributed by atoms with Gasteiger partial charge in [-0.3, -0.25) is 0 Å². The molecule has 1 heterocycles. The highest BCUT2D eigenvalue weighted by atomic mass is 16.5. The highest BCUT2D eigenvalue weighted by molar-refractivity contribution is 6.10. The summed E-state index contributed by atoms with van der Waals surface area (Å²) in [5, 5.41) is 12.7. The van der Waals surface area contributed by atoms with Crippen LogP contribution in [-0.4, -0.2) is 28.7 Å². The molecule has 0 aliphatic heterocycles. The summed E-state index contributed by atoms with van der Waals surface area (Å²) in [5.41, 5.74) is 3.74. The molecule has 0 spiro atoms. The Bertz CT molecular complexity index is 1510. The summed E-state index contributed by atoms with van der Waals surface area (Å²) < 4.78 is 7.01. The number of hydrogen-bond donors (Lipinski definition) is 1. The predicted octanol–water partition coefficient (Wildman–Crippen LogP) is 5.94. The first-order valence-corrected chi connectivity index (χ1v) is 10.1. The van der Waals surface area contributed by atoms with Crippen molar-refractivity contribution in [1.29, 1.82) is 0 Å². The lowest BCUT2D eigenvalue weighted by Crippen LogP contribution is -2.06.